The number of hydrogen-bond acceptors (Lipinski definition) is 6. The van der Waals surface area contributed by atoms with Gasteiger partial charge in [0.05, 0.1) is 17.7 Å². The van der Waals surface area contributed by atoms with Crippen LogP contribution in [0.25, 0.3) is 0 Å². The Morgan fingerprint density at radius 2 is 1.71 bits per heavy atom. The van der Waals surface area contributed by atoms with Crippen molar-refractivity contribution in [3.63, 3.8) is 0 Å². The van der Waals surface area contributed by atoms with Crippen molar-refractivity contribution in [3.05, 3.63) is 89.0 Å². The van der Waals surface area contributed by atoms with Gasteiger partial charge in [-0.1, -0.05) is 36.4 Å². The minimum Gasteiger partial charge on any atom is -0.497 e. The third-order valence-electron chi connectivity index (χ3n) is 4.31. The normalized spacial score (nSPS) is 10.9. The largest absolute Gasteiger partial charge is 0.497 e. The summed E-state index contributed by atoms with van der Waals surface area (Å²) in [6.07, 6.45) is 0. The molecule has 3 aromatic rings. The van der Waals surface area contributed by atoms with Gasteiger partial charge < -0.3 is 10.1 Å². The number of rotatable bonds is 8. The Balaban J connectivity index is 1.98. The van der Waals surface area contributed by atoms with Crippen LogP contribution in [0.1, 0.15) is 0 Å². The van der Waals surface area contributed by atoms with Gasteiger partial charge in [-0.3, -0.25) is 19.2 Å². The highest BCUT2D eigenvalue weighted by atomic mass is 32.2. The van der Waals surface area contributed by atoms with Gasteiger partial charge in [0.25, 0.3) is 15.7 Å². The predicted octanol–water partition coefficient (Wildman–Crippen LogP) is 3.44. The van der Waals surface area contributed by atoms with E-state index in [2.05, 4.69) is 5.32 Å². The molecule has 10 heteroatoms. The molecule has 0 saturated heterocycles. The second kappa shape index (κ2) is 9.26. The molecule has 0 unspecified atom stereocenters. The molecular weight excluding hydrogens is 422 g/mol. The molecule has 1 N–H and O–H groups in total. The fourth-order valence-electron chi connectivity index (χ4n) is 2.89. The van der Waals surface area contributed by atoms with Crippen LogP contribution >= 0.6 is 0 Å². The number of carbonyl (C=O) groups excluding carboxylic acids is 1. The Labute approximate surface area is 179 Å². The standard InChI is InChI=1S/C21H19N3O6S/c1-30-18-11-7-8-16(14-18)22-21(25)15-23(17-9-3-2-4-10-17)31(28,29)20-13-6-5-12-19(20)24(26)27/h2-14H,15H2,1H3,(H,22,25). The summed E-state index contributed by atoms with van der Waals surface area (Å²) in [5.41, 5.74) is 0.0403. The Kier molecular flexibility index (Phi) is 6.51. The number of nitrogens with zero attached hydrogens (tertiary/aromatic N) is 2. The van der Waals surface area contributed by atoms with E-state index >= 15 is 0 Å². The number of benzene rings is 3. The fraction of sp³-hybridized carbons (Fsp3) is 0.0952. The van der Waals surface area contributed by atoms with Crippen LogP contribution in [0.15, 0.2) is 83.8 Å². The van der Waals surface area contributed by atoms with Crippen molar-refractivity contribution in [2.75, 3.05) is 23.3 Å². The average molecular weight is 441 g/mol. The number of ether oxygens (including phenoxy) is 1. The molecule has 3 rings (SSSR count). The zero-order chi connectivity index (χ0) is 22.4. The topological polar surface area (TPSA) is 119 Å². The summed E-state index contributed by atoms with van der Waals surface area (Å²) in [6, 6.07) is 19.5. The number of methoxy groups -OCH3 is 1. The summed E-state index contributed by atoms with van der Waals surface area (Å²) in [5, 5.41) is 14.0. The molecule has 0 aliphatic heterocycles. The number of nitro groups is 1. The molecule has 1 amide bonds. The van der Waals surface area contributed by atoms with Gasteiger partial charge >= 0.3 is 0 Å². The monoisotopic (exact) mass is 441 g/mol. The number of sulfonamides is 1. The highest BCUT2D eigenvalue weighted by molar-refractivity contribution is 7.93. The summed E-state index contributed by atoms with van der Waals surface area (Å²) >= 11 is 0. The number of nitrogens with one attached hydrogen (secondary N) is 1. The summed E-state index contributed by atoms with van der Waals surface area (Å²) < 4.78 is 32.7. The van der Waals surface area contributed by atoms with Crippen LogP contribution in [0, 0.1) is 10.1 Å². The van der Waals surface area contributed by atoms with Crippen LogP contribution in [0.2, 0.25) is 0 Å². The molecule has 0 aromatic heterocycles. The third kappa shape index (κ3) is 4.98. The zero-order valence-electron chi connectivity index (χ0n) is 16.5. The number of hydrogen-bond donors (Lipinski definition) is 1. The molecule has 0 aliphatic rings. The van der Waals surface area contributed by atoms with Gasteiger partial charge in [-0.25, -0.2) is 8.42 Å². The predicted molar refractivity (Wildman–Crippen MR) is 116 cm³/mol. The third-order valence-corrected chi connectivity index (χ3v) is 6.14. The first-order chi connectivity index (χ1) is 14.8. The molecule has 160 valence electrons. The van der Waals surface area contributed by atoms with E-state index in [4.69, 9.17) is 4.74 Å². The van der Waals surface area contributed by atoms with Crippen LogP contribution < -0.4 is 14.4 Å². The number of nitro benzene ring substituents is 1. The minimum atomic E-state index is -4.42. The van der Waals surface area contributed by atoms with Gasteiger partial charge in [0, 0.05) is 17.8 Å². The van der Waals surface area contributed by atoms with Crippen molar-refractivity contribution >= 4 is 33.0 Å². The molecule has 0 bridgehead atoms. The van der Waals surface area contributed by atoms with E-state index in [1.54, 1.807) is 42.5 Å². The average Bonchev–Trinajstić information content (AvgIpc) is 2.78. The van der Waals surface area contributed by atoms with Crippen LogP contribution in [0.5, 0.6) is 5.75 Å². The highest BCUT2D eigenvalue weighted by Crippen LogP contribution is 2.29. The van der Waals surface area contributed by atoms with E-state index in [1.165, 1.54) is 31.4 Å². The molecular formula is C21H19N3O6S. The second-order valence-corrected chi connectivity index (χ2v) is 8.18. The van der Waals surface area contributed by atoms with Crippen LogP contribution in [-0.2, 0) is 14.8 Å². The van der Waals surface area contributed by atoms with E-state index in [-0.39, 0.29) is 5.69 Å². The van der Waals surface area contributed by atoms with Crippen LogP contribution in [0.3, 0.4) is 0 Å². The molecule has 0 atom stereocenters. The molecule has 0 heterocycles. The summed E-state index contributed by atoms with van der Waals surface area (Å²) in [6.45, 7) is -0.588. The van der Waals surface area contributed by atoms with Gasteiger partial charge in [0.15, 0.2) is 4.90 Å². The lowest BCUT2D eigenvalue weighted by molar-refractivity contribution is -0.387. The first-order valence-corrected chi connectivity index (χ1v) is 10.5. The smallest absolute Gasteiger partial charge is 0.289 e. The number of carbonyl (C=O) groups is 1. The summed E-state index contributed by atoms with van der Waals surface area (Å²) in [5.74, 6) is -0.107. The quantitative estimate of drug-likeness (QED) is 0.422. The molecule has 0 aliphatic carbocycles. The first-order valence-electron chi connectivity index (χ1n) is 9.08. The highest BCUT2D eigenvalue weighted by Gasteiger charge is 2.33. The SMILES string of the molecule is COc1cccc(NC(=O)CN(c2ccccc2)S(=O)(=O)c2ccccc2[N+](=O)[O-])c1. The molecule has 0 spiro atoms. The zero-order valence-corrected chi connectivity index (χ0v) is 17.3. The van der Waals surface area contributed by atoms with Gasteiger partial charge in [0.2, 0.25) is 5.91 Å². The van der Waals surface area contributed by atoms with Gasteiger partial charge in [-0.2, -0.15) is 0 Å². The number of anilines is 2. The van der Waals surface area contributed by atoms with Crippen molar-refractivity contribution in [2.24, 2.45) is 0 Å². The lowest BCUT2D eigenvalue weighted by Crippen LogP contribution is -2.38. The number of amides is 1. The Morgan fingerprint density at radius 1 is 1.03 bits per heavy atom. The molecule has 0 saturated carbocycles. The van der Waals surface area contributed by atoms with E-state index in [0.29, 0.717) is 11.4 Å². The number of para-hydroxylation sites is 2. The van der Waals surface area contributed by atoms with Crippen molar-refractivity contribution in [3.8, 4) is 5.75 Å². The van der Waals surface area contributed by atoms with Crippen LogP contribution in [0.4, 0.5) is 17.1 Å². The molecule has 3 aromatic carbocycles. The van der Waals surface area contributed by atoms with Gasteiger partial charge in [0.1, 0.15) is 12.3 Å². The van der Waals surface area contributed by atoms with E-state index in [1.807, 2.05) is 0 Å². The molecule has 9 nitrogen and oxygen atoms in total. The lowest BCUT2D eigenvalue weighted by Gasteiger charge is -2.24. The van der Waals surface area contributed by atoms with Crippen molar-refractivity contribution in [1.29, 1.82) is 0 Å². The van der Waals surface area contributed by atoms with Gasteiger partial charge in [-0.05, 0) is 30.3 Å². The maximum absolute atomic E-state index is 13.4. The molecule has 0 radical (unpaired) electrons. The van der Waals surface area contributed by atoms with E-state index in [0.717, 1.165) is 16.4 Å². The molecule has 31 heavy (non-hydrogen) atoms. The van der Waals surface area contributed by atoms with Crippen molar-refractivity contribution in [2.45, 2.75) is 4.90 Å². The fourth-order valence-corrected chi connectivity index (χ4v) is 4.47. The minimum absolute atomic E-state index is 0.196. The maximum atomic E-state index is 13.4. The summed E-state index contributed by atoms with van der Waals surface area (Å²) in [7, 11) is -2.94. The second-order valence-electron chi connectivity index (χ2n) is 6.35. The van der Waals surface area contributed by atoms with Crippen molar-refractivity contribution in [1.82, 2.24) is 0 Å². The van der Waals surface area contributed by atoms with Crippen molar-refractivity contribution < 1.29 is 22.9 Å². The van der Waals surface area contributed by atoms with Gasteiger partial charge in [-0.15, -0.1) is 0 Å². The van der Waals surface area contributed by atoms with E-state index in [9.17, 15) is 23.3 Å². The maximum Gasteiger partial charge on any atom is 0.289 e. The Bertz CT molecular complexity index is 1200. The lowest BCUT2D eigenvalue weighted by atomic mass is 10.3. The Hall–Kier alpha value is -3.92. The summed E-state index contributed by atoms with van der Waals surface area (Å²) in [4.78, 5) is 22.8. The van der Waals surface area contributed by atoms with E-state index < -0.39 is 38.0 Å². The first kappa shape index (κ1) is 21.8. The van der Waals surface area contributed by atoms with Crippen LogP contribution in [-0.4, -0.2) is 32.9 Å². The molecule has 0 fully saturated rings. The Morgan fingerprint density at radius 3 is 2.39 bits per heavy atom.